The summed E-state index contributed by atoms with van der Waals surface area (Å²) in [5.41, 5.74) is 4.05. The maximum Gasteiger partial charge on any atom is 0.123 e. The molecule has 0 saturated carbocycles. The zero-order chi connectivity index (χ0) is 18.8. The van der Waals surface area contributed by atoms with Crippen LogP contribution in [0.1, 0.15) is 5.56 Å². The minimum atomic E-state index is -0.239. The summed E-state index contributed by atoms with van der Waals surface area (Å²) in [7, 11) is 0. The fraction of sp³-hybridized carbons (Fsp3) is 0.250. The monoisotopic (exact) mass is 404 g/mol. The van der Waals surface area contributed by atoms with E-state index < -0.39 is 0 Å². The Balaban J connectivity index is 1.41. The van der Waals surface area contributed by atoms with Crippen molar-refractivity contribution in [1.29, 1.82) is 0 Å². The molecule has 4 rings (SSSR count). The quantitative estimate of drug-likeness (QED) is 0.675. The van der Waals surface area contributed by atoms with Crippen molar-refractivity contribution in [3.05, 3.63) is 70.1 Å². The first kappa shape index (κ1) is 18.3. The number of anilines is 1. The maximum absolute atomic E-state index is 13.2. The van der Waals surface area contributed by atoms with Gasteiger partial charge in [0, 0.05) is 59.6 Å². The summed E-state index contributed by atoms with van der Waals surface area (Å²) in [6.07, 6.45) is 1.85. The van der Waals surface area contributed by atoms with Crippen molar-refractivity contribution in [1.82, 2.24) is 15.1 Å². The average molecular weight is 405 g/mol. The van der Waals surface area contributed by atoms with Crippen molar-refractivity contribution in [3.8, 4) is 11.3 Å². The minimum Gasteiger partial charge on any atom is -0.369 e. The van der Waals surface area contributed by atoms with Crippen LogP contribution < -0.4 is 4.90 Å². The number of halogens is 3. The van der Waals surface area contributed by atoms with E-state index >= 15 is 0 Å². The first-order chi connectivity index (χ1) is 13.1. The highest BCUT2D eigenvalue weighted by Gasteiger charge is 2.20. The van der Waals surface area contributed by atoms with Gasteiger partial charge in [0.1, 0.15) is 5.82 Å². The summed E-state index contributed by atoms with van der Waals surface area (Å²) in [5.74, 6) is -0.239. The second kappa shape index (κ2) is 7.89. The normalized spacial score (nSPS) is 15.3. The molecule has 27 heavy (non-hydrogen) atoms. The lowest BCUT2D eigenvalue weighted by Crippen LogP contribution is -2.46. The average Bonchev–Trinajstić information content (AvgIpc) is 3.10. The zero-order valence-corrected chi connectivity index (χ0v) is 16.1. The number of H-pyrrole nitrogens is 1. The van der Waals surface area contributed by atoms with Gasteiger partial charge < -0.3 is 4.90 Å². The Hall–Kier alpha value is -2.08. The fourth-order valence-electron chi connectivity index (χ4n) is 3.42. The van der Waals surface area contributed by atoms with Crippen LogP contribution in [0.5, 0.6) is 0 Å². The Morgan fingerprint density at radius 2 is 1.63 bits per heavy atom. The van der Waals surface area contributed by atoms with Crippen molar-refractivity contribution in [2.45, 2.75) is 6.54 Å². The Morgan fingerprint density at radius 1 is 0.963 bits per heavy atom. The molecule has 0 bridgehead atoms. The van der Waals surface area contributed by atoms with Crippen LogP contribution in [-0.4, -0.2) is 41.3 Å². The van der Waals surface area contributed by atoms with Crippen molar-refractivity contribution in [3.63, 3.8) is 0 Å². The van der Waals surface area contributed by atoms with E-state index in [9.17, 15) is 4.39 Å². The van der Waals surface area contributed by atoms with Crippen molar-refractivity contribution >= 4 is 28.9 Å². The number of aromatic nitrogens is 2. The molecule has 2 heterocycles. The van der Waals surface area contributed by atoms with Crippen molar-refractivity contribution in [2.24, 2.45) is 0 Å². The smallest absolute Gasteiger partial charge is 0.123 e. The van der Waals surface area contributed by atoms with Crippen LogP contribution in [-0.2, 0) is 6.54 Å². The fourth-order valence-corrected chi connectivity index (χ4v) is 3.94. The number of piperazine rings is 1. The van der Waals surface area contributed by atoms with E-state index in [0.717, 1.165) is 55.2 Å². The standard InChI is InChI=1S/C20H19Cl2FN4/c21-16-9-17(22)11-19(10-16)27-7-5-26(6-8-27)13-15-12-24-25-20(15)14-1-3-18(23)4-2-14/h1-4,9-12H,5-8,13H2,(H,24,25). The Bertz CT molecular complexity index is 898. The molecular weight excluding hydrogens is 386 g/mol. The minimum absolute atomic E-state index is 0.239. The molecule has 0 spiro atoms. The molecule has 0 radical (unpaired) electrons. The summed E-state index contributed by atoms with van der Waals surface area (Å²) in [6.45, 7) is 4.46. The third-order valence-electron chi connectivity index (χ3n) is 4.83. The van der Waals surface area contributed by atoms with Gasteiger partial charge in [0.2, 0.25) is 0 Å². The second-order valence-corrected chi connectivity index (χ2v) is 7.54. The third-order valence-corrected chi connectivity index (χ3v) is 5.27. The van der Waals surface area contributed by atoms with Gasteiger partial charge in [-0.15, -0.1) is 0 Å². The lowest BCUT2D eigenvalue weighted by Gasteiger charge is -2.36. The molecule has 0 unspecified atom stereocenters. The number of aromatic amines is 1. The molecule has 3 aromatic rings. The van der Waals surface area contributed by atoms with Gasteiger partial charge in [-0.3, -0.25) is 10.00 Å². The van der Waals surface area contributed by atoms with E-state index in [2.05, 4.69) is 20.0 Å². The van der Waals surface area contributed by atoms with Crippen LogP contribution in [0, 0.1) is 5.82 Å². The van der Waals surface area contributed by atoms with E-state index in [4.69, 9.17) is 23.2 Å². The van der Waals surface area contributed by atoms with E-state index in [-0.39, 0.29) is 5.82 Å². The van der Waals surface area contributed by atoms with Gasteiger partial charge in [-0.05, 0) is 42.5 Å². The highest BCUT2D eigenvalue weighted by atomic mass is 35.5. The number of nitrogens with one attached hydrogen (secondary N) is 1. The summed E-state index contributed by atoms with van der Waals surface area (Å²) < 4.78 is 13.2. The topological polar surface area (TPSA) is 35.2 Å². The van der Waals surface area contributed by atoms with Crippen molar-refractivity contribution in [2.75, 3.05) is 31.1 Å². The lowest BCUT2D eigenvalue weighted by atomic mass is 10.1. The Kier molecular flexibility index (Phi) is 5.34. The second-order valence-electron chi connectivity index (χ2n) is 6.67. The highest BCUT2D eigenvalue weighted by Crippen LogP contribution is 2.27. The predicted octanol–water partition coefficient (Wildman–Crippen LogP) is 4.84. The number of hydrogen-bond acceptors (Lipinski definition) is 3. The van der Waals surface area contributed by atoms with Gasteiger partial charge in [-0.2, -0.15) is 5.10 Å². The van der Waals surface area contributed by atoms with Gasteiger partial charge in [0.15, 0.2) is 0 Å². The van der Waals surface area contributed by atoms with Gasteiger partial charge >= 0.3 is 0 Å². The Labute approximate surface area is 167 Å². The highest BCUT2D eigenvalue weighted by molar-refractivity contribution is 6.35. The van der Waals surface area contributed by atoms with Gasteiger partial charge in [0.05, 0.1) is 11.9 Å². The van der Waals surface area contributed by atoms with Crippen molar-refractivity contribution < 1.29 is 4.39 Å². The molecular formula is C20H19Cl2FN4. The van der Waals surface area contributed by atoms with Gasteiger partial charge in [-0.25, -0.2) is 4.39 Å². The zero-order valence-electron chi connectivity index (χ0n) is 14.6. The maximum atomic E-state index is 13.2. The van der Waals surface area contributed by atoms with Gasteiger partial charge in [-0.1, -0.05) is 23.2 Å². The third kappa shape index (κ3) is 4.26. The SMILES string of the molecule is Fc1ccc(-c2[nH]ncc2CN2CCN(c3cc(Cl)cc(Cl)c3)CC2)cc1. The number of nitrogens with zero attached hydrogens (tertiary/aromatic N) is 3. The largest absolute Gasteiger partial charge is 0.369 e. The van der Waals surface area contributed by atoms with Crippen LogP contribution in [0.3, 0.4) is 0 Å². The molecule has 1 aromatic heterocycles. The molecule has 2 aromatic carbocycles. The van der Waals surface area contributed by atoms with E-state index in [1.807, 2.05) is 18.3 Å². The molecule has 1 aliphatic heterocycles. The molecule has 1 fully saturated rings. The number of hydrogen-bond donors (Lipinski definition) is 1. The van der Waals surface area contributed by atoms with E-state index in [1.54, 1.807) is 18.2 Å². The molecule has 1 N–H and O–H groups in total. The van der Waals surface area contributed by atoms with Gasteiger partial charge in [0.25, 0.3) is 0 Å². The van der Waals surface area contributed by atoms with Crippen LogP contribution >= 0.6 is 23.2 Å². The Morgan fingerprint density at radius 3 is 2.30 bits per heavy atom. The molecule has 0 aliphatic carbocycles. The molecule has 4 nitrogen and oxygen atoms in total. The predicted molar refractivity (Wildman–Crippen MR) is 108 cm³/mol. The summed E-state index contributed by atoms with van der Waals surface area (Å²) in [5, 5.41) is 8.53. The molecule has 140 valence electrons. The molecule has 1 saturated heterocycles. The summed E-state index contributed by atoms with van der Waals surface area (Å²) in [4.78, 5) is 4.69. The lowest BCUT2D eigenvalue weighted by molar-refractivity contribution is 0.250. The van der Waals surface area contributed by atoms with Crippen LogP contribution in [0.25, 0.3) is 11.3 Å². The molecule has 1 aliphatic rings. The first-order valence-corrected chi connectivity index (χ1v) is 9.56. The molecule has 0 amide bonds. The molecule has 0 atom stereocenters. The van der Waals surface area contributed by atoms with Crippen LogP contribution in [0.15, 0.2) is 48.7 Å². The van der Waals surface area contributed by atoms with E-state index in [1.165, 1.54) is 12.1 Å². The first-order valence-electron chi connectivity index (χ1n) is 8.80. The number of rotatable bonds is 4. The number of benzene rings is 2. The van der Waals surface area contributed by atoms with Crippen LogP contribution in [0.2, 0.25) is 10.0 Å². The van der Waals surface area contributed by atoms with E-state index in [0.29, 0.717) is 10.0 Å². The molecule has 7 heteroatoms. The summed E-state index contributed by atoms with van der Waals surface area (Å²) >= 11 is 12.2. The van der Waals surface area contributed by atoms with Crippen LogP contribution in [0.4, 0.5) is 10.1 Å². The summed E-state index contributed by atoms with van der Waals surface area (Å²) in [6, 6.07) is 12.1.